The SMILES string of the molecule is COc1ccc(NC(=O)/C(C#N)=C\c2ccc(-c3cccc([N+](=O)[O-])c3)o2)cc1. The van der Waals surface area contributed by atoms with Crippen molar-refractivity contribution in [3.8, 4) is 23.1 Å². The lowest BCUT2D eigenvalue weighted by Crippen LogP contribution is -2.13. The van der Waals surface area contributed by atoms with Gasteiger partial charge in [-0.1, -0.05) is 12.1 Å². The molecule has 8 nitrogen and oxygen atoms in total. The molecule has 0 aliphatic carbocycles. The summed E-state index contributed by atoms with van der Waals surface area (Å²) < 4.78 is 10.7. The number of furan rings is 1. The van der Waals surface area contributed by atoms with Crippen molar-refractivity contribution in [1.82, 2.24) is 0 Å². The Kier molecular flexibility index (Phi) is 5.71. The molecule has 0 aliphatic rings. The highest BCUT2D eigenvalue weighted by Gasteiger charge is 2.13. The molecule has 0 spiro atoms. The molecule has 1 heterocycles. The minimum Gasteiger partial charge on any atom is -0.497 e. The minimum absolute atomic E-state index is 0.0624. The summed E-state index contributed by atoms with van der Waals surface area (Å²) in [4.78, 5) is 22.8. The fraction of sp³-hybridized carbons (Fsp3) is 0.0476. The molecule has 0 bridgehead atoms. The first-order valence-electron chi connectivity index (χ1n) is 8.42. The molecule has 3 rings (SSSR count). The molecular formula is C21H15N3O5. The summed E-state index contributed by atoms with van der Waals surface area (Å²) in [7, 11) is 1.54. The van der Waals surface area contributed by atoms with E-state index in [0.717, 1.165) is 0 Å². The summed E-state index contributed by atoms with van der Waals surface area (Å²) in [6.45, 7) is 0. The third-order valence-corrected chi connectivity index (χ3v) is 3.97. The Morgan fingerprint density at radius 1 is 1.21 bits per heavy atom. The fourth-order valence-electron chi connectivity index (χ4n) is 2.52. The second-order valence-electron chi connectivity index (χ2n) is 5.86. The fourth-order valence-corrected chi connectivity index (χ4v) is 2.52. The number of non-ortho nitro benzene ring substituents is 1. The van der Waals surface area contributed by atoms with Crippen molar-refractivity contribution in [3.63, 3.8) is 0 Å². The number of carbonyl (C=O) groups is 1. The zero-order valence-corrected chi connectivity index (χ0v) is 15.3. The number of nitro benzene ring substituents is 1. The molecule has 144 valence electrons. The molecule has 0 atom stereocenters. The number of hydrogen-bond donors (Lipinski definition) is 1. The van der Waals surface area contributed by atoms with Crippen molar-refractivity contribution >= 4 is 23.4 Å². The highest BCUT2D eigenvalue weighted by Crippen LogP contribution is 2.26. The molecule has 0 unspecified atom stereocenters. The lowest BCUT2D eigenvalue weighted by Gasteiger charge is -2.05. The Labute approximate surface area is 165 Å². The average Bonchev–Trinajstić information content (AvgIpc) is 3.21. The number of rotatable bonds is 6. The summed E-state index contributed by atoms with van der Waals surface area (Å²) >= 11 is 0. The maximum atomic E-state index is 12.3. The van der Waals surface area contributed by atoms with Crippen LogP contribution in [0.5, 0.6) is 5.75 Å². The topological polar surface area (TPSA) is 118 Å². The second kappa shape index (κ2) is 8.54. The molecule has 2 aromatic carbocycles. The lowest BCUT2D eigenvalue weighted by atomic mass is 10.1. The number of nitrogens with one attached hydrogen (secondary N) is 1. The van der Waals surface area contributed by atoms with Gasteiger partial charge >= 0.3 is 0 Å². The van der Waals surface area contributed by atoms with Gasteiger partial charge < -0.3 is 14.5 Å². The van der Waals surface area contributed by atoms with Gasteiger partial charge in [-0.2, -0.15) is 5.26 Å². The van der Waals surface area contributed by atoms with E-state index in [0.29, 0.717) is 22.8 Å². The number of nitrogens with zero attached hydrogens (tertiary/aromatic N) is 2. The molecule has 0 fully saturated rings. The maximum absolute atomic E-state index is 12.3. The van der Waals surface area contributed by atoms with E-state index in [4.69, 9.17) is 9.15 Å². The Morgan fingerprint density at radius 3 is 2.62 bits per heavy atom. The Morgan fingerprint density at radius 2 is 1.97 bits per heavy atom. The predicted molar refractivity (Wildman–Crippen MR) is 106 cm³/mol. The summed E-state index contributed by atoms with van der Waals surface area (Å²) in [5, 5.41) is 22.9. The third kappa shape index (κ3) is 4.67. The zero-order chi connectivity index (χ0) is 20.8. The number of amides is 1. The highest BCUT2D eigenvalue weighted by molar-refractivity contribution is 6.09. The van der Waals surface area contributed by atoms with Crippen molar-refractivity contribution in [2.45, 2.75) is 0 Å². The first-order valence-corrected chi connectivity index (χ1v) is 8.42. The molecule has 0 saturated heterocycles. The quantitative estimate of drug-likeness (QED) is 0.289. The van der Waals surface area contributed by atoms with Crippen LogP contribution in [0, 0.1) is 21.4 Å². The van der Waals surface area contributed by atoms with Crippen molar-refractivity contribution < 1.29 is 18.9 Å². The minimum atomic E-state index is -0.592. The molecule has 1 amide bonds. The van der Waals surface area contributed by atoms with Gasteiger partial charge in [-0.25, -0.2) is 0 Å². The zero-order valence-electron chi connectivity index (χ0n) is 15.3. The van der Waals surface area contributed by atoms with E-state index in [-0.39, 0.29) is 17.0 Å². The molecule has 8 heteroatoms. The normalized spacial score (nSPS) is 10.8. The van der Waals surface area contributed by atoms with E-state index in [2.05, 4.69) is 5.32 Å². The average molecular weight is 389 g/mol. The van der Waals surface area contributed by atoms with Crippen LogP contribution in [0.25, 0.3) is 17.4 Å². The summed E-state index contributed by atoms with van der Waals surface area (Å²) in [6, 6.07) is 17.7. The Bertz CT molecular complexity index is 1120. The largest absolute Gasteiger partial charge is 0.497 e. The Balaban J connectivity index is 1.79. The van der Waals surface area contributed by atoms with Gasteiger partial charge in [-0.15, -0.1) is 0 Å². The van der Waals surface area contributed by atoms with Gasteiger partial charge in [0, 0.05) is 29.5 Å². The monoisotopic (exact) mass is 389 g/mol. The van der Waals surface area contributed by atoms with Crippen molar-refractivity contribution in [3.05, 3.63) is 82.1 Å². The molecular weight excluding hydrogens is 374 g/mol. The van der Waals surface area contributed by atoms with Crippen LogP contribution in [0.1, 0.15) is 5.76 Å². The van der Waals surface area contributed by atoms with Crippen LogP contribution in [0.4, 0.5) is 11.4 Å². The van der Waals surface area contributed by atoms with Gasteiger partial charge in [0.25, 0.3) is 11.6 Å². The van der Waals surface area contributed by atoms with Crippen LogP contribution in [-0.4, -0.2) is 17.9 Å². The van der Waals surface area contributed by atoms with Crippen LogP contribution < -0.4 is 10.1 Å². The van der Waals surface area contributed by atoms with E-state index in [1.54, 1.807) is 48.5 Å². The standard InChI is InChI=1S/C21H15N3O5/c1-28-18-7-5-16(6-8-18)23-21(25)15(13-22)12-19-9-10-20(29-19)14-3-2-4-17(11-14)24(26)27/h2-12H,1H3,(H,23,25)/b15-12-. The summed E-state index contributed by atoms with van der Waals surface area (Å²) in [6.07, 6.45) is 1.31. The molecule has 29 heavy (non-hydrogen) atoms. The number of ether oxygens (including phenoxy) is 1. The predicted octanol–water partition coefficient (Wildman–Crippen LogP) is 4.41. The molecule has 1 N–H and O–H groups in total. The number of nitriles is 1. The number of anilines is 1. The van der Waals surface area contributed by atoms with E-state index in [1.165, 1.54) is 25.3 Å². The molecule has 3 aromatic rings. The number of hydrogen-bond acceptors (Lipinski definition) is 6. The van der Waals surface area contributed by atoms with E-state index < -0.39 is 10.8 Å². The van der Waals surface area contributed by atoms with Crippen LogP contribution in [0.15, 0.2) is 70.7 Å². The third-order valence-electron chi connectivity index (χ3n) is 3.97. The van der Waals surface area contributed by atoms with Crippen molar-refractivity contribution in [2.24, 2.45) is 0 Å². The van der Waals surface area contributed by atoms with E-state index in [9.17, 15) is 20.2 Å². The van der Waals surface area contributed by atoms with Crippen LogP contribution in [0.2, 0.25) is 0 Å². The van der Waals surface area contributed by atoms with Crippen molar-refractivity contribution in [1.29, 1.82) is 5.26 Å². The first-order chi connectivity index (χ1) is 14.0. The number of methoxy groups -OCH3 is 1. The summed E-state index contributed by atoms with van der Waals surface area (Å²) in [5.41, 5.74) is 0.807. The smallest absolute Gasteiger partial charge is 0.270 e. The van der Waals surface area contributed by atoms with Gasteiger partial charge in [0.1, 0.15) is 28.9 Å². The van der Waals surface area contributed by atoms with Gasteiger partial charge in [0.2, 0.25) is 0 Å². The second-order valence-corrected chi connectivity index (χ2v) is 5.86. The van der Waals surface area contributed by atoms with Crippen LogP contribution >= 0.6 is 0 Å². The number of carbonyl (C=O) groups excluding carboxylic acids is 1. The van der Waals surface area contributed by atoms with E-state index in [1.807, 2.05) is 6.07 Å². The molecule has 0 saturated carbocycles. The molecule has 0 aliphatic heterocycles. The van der Waals surface area contributed by atoms with Gasteiger partial charge in [-0.05, 0) is 36.4 Å². The van der Waals surface area contributed by atoms with Crippen LogP contribution in [-0.2, 0) is 4.79 Å². The number of benzene rings is 2. The summed E-state index contributed by atoms with van der Waals surface area (Å²) in [5.74, 6) is 0.704. The molecule has 1 aromatic heterocycles. The molecule has 0 radical (unpaired) electrons. The van der Waals surface area contributed by atoms with Crippen molar-refractivity contribution in [2.75, 3.05) is 12.4 Å². The highest BCUT2D eigenvalue weighted by atomic mass is 16.6. The number of nitro groups is 1. The van der Waals surface area contributed by atoms with Gasteiger partial charge in [0.05, 0.1) is 12.0 Å². The Hall–Kier alpha value is -4.38. The van der Waals surface area contributed by atoms with Crippen LogP contribution in [0.3, 0.4) is 0 Å². The van der Waals surface area contributed by atoms with E-state index >= 15 is 0 Å². The lowest BCUT2D eigenvalue weighted by molar-refractivity contribution is -0.384. The van der Waals surface area contributed by atoms with Gasteiger partial charge in [0.15, 0.2) is 0 Å². The maximum Gasteiger partial charge on any atom is 0.270 e. The van der Waals surface area contributed by atoms with Gasteiger partial charge in [-0.3, -0.25) is 14.9 Å². The first kappa shape index (κ1) is 19.4.